The van der Waals surface area contributed by atoms with Crippen molar-refractivity contribution < 1.29 is 13.5 Å². The molecule has 0 atom stereocenters. The van der Waals surface area contributed by atoms with Crippen LogP contribution in [0.15, 0.2) is 45.6 Å². The highest BCUT2D eigenvalue weighted by Gasteiger charge is 2.23. The molecule has 0 N–H and O–H groups in total. The Balaban J connectivity index is 1.59. The van der Waals surface area contributed by atoms with Gasteiger partial charge in [-0.3, -0.25) is 4.90 Å². The predicted octanol–water partition coefficient (Wildman–Crippen LogP) is 4.98. The molecule has 0 fully saturated rings. The average molecular weight is 395 g/mol. The lowest BCUT2D eigenvalue weighted by Crippen LogP contribution is -2.34. The summed E-state index contributed by atoms with van der Waals surface area (Å²) in [5.74, 6) is 0.614. The molecule has 0 amide bonds. The number of rotatable bonds is 6. The van der Waals surface area contributed by atoms with E-state index in [2.05, 4.69) is 17.9 Å². The first-order valence-corrected chi connectivity index (χ1v) is 10.2. The van der Waals surface area contributed by atoms with Gasteiger partial charge in [0.05, 0.1) is 0 Å². The first-order valence-electron chi connectivity index (χ1n) is 10.2. The second-order valence-corrected chi connectivity index (χ2v) is 7.76. The van der Waals surface area contributed by atoms with E-state index in [-0.39, 0.29) is 11.4 Å². The Bertz CT molecular complexity index is 1070. The van der Waals surface area contributed by atoms with Gasteiger partial charge in [-0.15, -0.1) is 0 Å². The van der Waals surface area contributed by atoms with Gasteiger partial charge in [0.1, 0.15) is 23.9 Å². The number of fused-ring (bicyclic) bond motifs is 2. The summed E-state index contributed by atoms with van der Waals surface area (Å²) in [6.07, 6.45) is 3.81. The number of benzene rings is 2. The van der Waals surface area contributed by atoms with Gasteiger partial charge in [0.25, 0.3) is 0 Å². The predicted molar refractivity (Wildman–Crippen MR) is 112 cm³/mol. The highest BCUT2D eigenvalue weighted by molar-refractivity contribution is 5.86. The van der Waals surface area contributed by atoms with E-state index in [1.165, 1.54) is 12.1 Å². The molecule has 0 bridgehead atoms. The molecule has 4 rings (SSSR count). The molecule has 1 aliphatic rings. The minimum Gasteiger partial charge on any atom is -0.477 e. The van der Waals surface area contributed by atoms with Crippen LogP contribution < -0.4 is 10.4 Å². The largest absolute Gasteiger partial charge is 0.477 e. The minimum atomic E-state index is -0.302. The Morgan fingerprint density at radius 2 is 1.93 bits per heavy atom. The molecule has 152 valence electrons. The lowest BCUT2D eigenvalue weighted by molar-refractivity contribution is 0.0959. The molecule has 0 saturated carbocycles. The molecule has 29 heavy (non-hydrogen) atoms. The van der Waals surface area contributed by atoms with E-state index in [9.17, 15) is 9.18 Å². The Hall–Kier alpha value is -2.66. The second kappa shape index (κ2) is 8.37. The van der Waals surface area contributed by atoms with Crippen LogP contribution in [0.25, 0.3) is 11.0 Å². The fourth-order valence-electron chi connectivity index (χ4n) is 3.99. The van der Waals surface area contributed by atoms with Crippen molar-refractivity contribution in [2.45, 2.75) is 46.1 Å². The van der Waals surface area contributed by atoms with E-state index in [1.807, 2.05) is 19.1 Å². The molecule has 0 radical (unpaired) electrons. The molecule has 5 heteroatoms. The van der Waals surface area contributed by atoms with Gasteiger partial charge in [0.15, 0.2) is 0 Å². The number of aryl methyl sites for hydroxylation is 2. The van der Waals surface area contributed by atoms with Crippen molar-refractivity contribution in [1.82, 2.24) is 4.90 Å². The zero-order chi connectivity index (χ0) is 20.4. The summed E-state index contributed by atoms with van der Waals surface area (Å²) in [4.78, 5) is 14.3. The summed E-state index contributed by atoms with van der Waals surface area (Å²) in [5.41, 5.74) is 4.51. The molecule has 1 aromatic heterocycles. The van der Waals surface area contributed by atoms with Crippen molar-refractivity contribution in [3.8, 4) is 5.75 Å². The molecule has 0 unspecified atom stereocenters. The molecule has 0 spiro atoms. The van der Waals surface area contributed by atoms with Crippen LogP contribution in [0.3, 0.4) is 0 Å². The van der Waals surface area contributed by atoms with E-state index in [0.29, 0.717) is 12.3 Å². The van der Waals surface area contributed by atoms with Gasteiger partial charge in [-0.2, -0.15) is 0 Å². The van der Waals surface area contributed by atoms with E-state index in [0.717, 1.165) is 72.2 Å². The maximum absolute atomic E-state index is 13.1. The maximum atomic E-state index is 13.1. The van der Waals surface area contributed by atoms with E-state index in [4.69, 9.17) is 9.15 Å². The lowest BCUT2D eigenvalue weighted by Gasteiger charge is -2.30. The fourth-order valence-corrected chi connectivity index (χ4v) is 3.99. The van der Waals surface area contributed by atoms with E-state index >= 15 is 0 Å². The highest BCUT2D eigenvalue weighted by Crippen LogP contribution is 2.36. The van der Waals surface area contributed by atoms with Crippen molar-refractivity contribution in [3.05, 3.63) is 74.9 Å². The number of hydrogen-bond acceptors (Lipinski definition) is 4. The Labute approximate surface area is 169 Å². The number of halogens is 1. The van der Waals surface area contributed by atoms with Crippen molar-refractivity contribution in [2.24, 2.45) is 0 Å². The van der Waals surface area contributed by atoms with Crippen LogP contribution in [-0.4, -0.2) is 18.2 Å². The Kier molecular flexibility index (Phi) is 5.67. The third kappa shape index (κ3) is 4.20. The summed E-state index contributed by atoms with van der Waals surface area (Å²) < 4.78 is 24.7. The topological polar surface area (TPSA) is 42.7 Å². The van der Waals surface area contributed by atoms with Gasteiger partial charge in [0.2, 0.25) is 0 Å². The van der Waals surface area contributed by atoms with Crippen LogP contribution in [0, 0.1) is 12.7 Å². The maximum Gasteiger partial charge on any atom is 0.336 e. The van der Waals surface area contributed by atoms with E-state index < -0.39 is 0 Å². The minimum absolute atomic E-state index is 0.211. The Morgan fingerprint density at radius 3 is 2.69 bits per heavy atom. The van der Waals surface area contributed by atoms with Crippen LogP contribution in [0.2, 0.25) is 0 Å². The Morgan fingerprint density at radius 1 is 1.14 bits per heavy atom. The van der Waals surface area contributed by atoms with Crippen LogP contribution >= 0.6 is 0 Å². The smallest absolute Gasteiger partial charge is 0.336 e. The zero-order valence-corrected chi connectivity index (χ0v) is 17.0. The van der Waals surface area contributed by atoms with Crippen molar-refractivity contribution >= 4 is 11.0 Å². The molecule has 1 aliphatic heterocycles. The number of nitrogens with zero attached hydrogens (tertiary/aromatic N) is 1. The average Bonchev–Trinajstić information content (AvgIpc) is 2.72. The summed E-state index contributed by atoms with van der Waals surface area (Å²) in [7, 11) is 0. The van der Waals surface area contributed by atoms with Gasteiger partial charge < -0.3 is 9.15 Å². The third-order valence-corrected chi connectivity index (χ3v) is 5.59. The first kappa shape index (κ1) is 19.6. The SMILES string of the molecule is CCCCc1cc(=O)oc2c(C)c3c(cc12)CN(CCc1ccc(F)cc1)CO3. The number of hydrogen-bond donors (Lipinski definition) is 0. The van der Waals surface area contributed by atoms with Crippen LogP contribution in [-0.2, 0) is 19.4 Å². The molecule has 4 nitrogen and oxygen atoms in total. The molecule has 0 saturated heterocycles. The van der Waals surface area contributed by atoms with Gasteiger partial charge in [-0.25, -0.2) is 9.18 Å². The number of ether oxygens (including phenoxy) is 1. The molecule has 0 aliphatic carbocycles. The van der Waals surface area contributed by atoms with E-state index in [1.54, 1.807) is 6.07 Å². The molecule has 3 aromatic rings. The summed E-state index contributed by atoms with van der Waals surface area (Å²) in [5, 5.41) is 1.01. The molecular formula is C24H26FNO3. The number of unbranched alkanes of at least 4 members (excludes halogenated alkanes) is 1. The zero-order valence-electron chi connectivity index (χ0n) is 17.0. The van der Waals surface area contributed by atoms with Gasteiger partial charge >= 0.3 is 5.63 Å². The lowest BCUT2D eigenvalue weighted by atomic mass is 9.98. The monoisotopic (exact) mass is 395 g/mol. The standard InChI is InChI=1S/C24H26FNO3/c1-3-4-5-18-13-22(27)29-24-16(2)23-19(12-21(18)24)14-26(15-28-23)11-10-17-6-8-20(25)9-7-17/h6-9,12-13H,3-5,10-11,14-15H2,1-2H3. The highest BCUT2D eigenvalue weighted by atomic mass is 19.1. The molecule has 2 heterocycles. The van der Waals surface area contributed by atoms with Crippen molar-refractivity contribution in [3.63, 3.8) is 0 Å². The van der Waals surface area contributed by atoms with Gasteiger partial charge in [0, 0.05) is 35.7 Å². The van der Waals surface area contributed by atoms with Crippen molar-refractivity contribution in [1.29, 1.82) is 0 Å². The van der Waals surface area contributed by atoms with Crippen LogP contribution in [0.5, 0.6) is 5.75 Å². The van der Waals surface area contributed by atoms with Gasteiger partial charge in [-0.05, 0) is 55.5 Å². The van der Waals surface area contributed by atoms with Crippen LogP contribution in [0.4, 0.5) is 4.39 Å². The van der Waals surface area contributed by atoms with Crippen LogP contribution in [0.1, 0.15) is 42.0 Å². The fraction of sp³-hybridized carbons (Fsp3) is 0.375. The molecular weight excluding hydrogens is 369 g/mol. The quantitative estimate of drug-likeness (QED) is 0.552. The summed E-state index contributed by atoms with van der Waals surface area (Å²) in [6.45, 7) is 6.20. The second-order valence-electron chi connectivity index (χ2n) is 7.76. The normalized spacial score (nSPS) is 14.0. The molecule has 2 aromatic carbocycles. The summed E-state index contributed by atoms with van der Waals surface area (Å²) in [6, 6.07) is 10.4. The van der Waals surface area contributed by atoms with Crippen molar-refractivity contribution in [2.75, 3.05) is 13.3 Å². The van der Waals surface area contributed by atoms with Gasteiger partial charge in [-0.1, -0.05) is 25.5 Å². The summed E-state index contributed by atoms with van der Waals surface area (Å²) >= 11 is 0. The first-order chi connectivity index (χ1) is 14.0. The third-order valence-electron chi connectivity index (χ3n) is 5.59.